The summed E-state index contributed by atoms with van der Waals surface area (Å²) in [5, 5.41) is 8.78. The predicted octanol–water partition coefficient (Wildman–Crippen LogP) is 3.86. The van der Waals surface area contributed by atoms with Gasteiger partial charge in [-0.1, -0.05) is 12.1 Å². The summed E-state index contributed by atoms with van der Waals surface area (Å²) in [7, 11) is 3.48. The number of nitrogens with one attached hydrogen (secondary N) is 2. The van der Waals surface area contributed by atoms with Crippen LogP contribution in [0.2, 0.25) is 0 Å². The second kappa shape index (κ2) is 9.77. The van der Waals surface area contributed by atoms with Crippen LogP contribution in [0, 0.1) is 13.8 Å². The Morgan fingerprint density at radius 3 is 2.48 bits per heavy atom. The molecule has 0 aliphatic heterocycles. The number of benzene rings is 1. The van der Waals surface area contributed by atoms with Crippen LogP contribution in [0.1, 0.15) is 21.6 Å². The summed E-state index contributed by atoms with van der Waals surface area (Å²) in [6, 6.07) is 8.36. The van der Waals surface area contributed by atoms with E-state index in [1.54, 1.807) is 25.5 Å². The highest BCUT2D eigenvalue weighted by Crippen LogP contribution is 2.18. The highest BCUT2D eigenvalue weighted by molar-refractivity contribution is 14.0. The van der Waals surface area contributed by atoms with E-state index >= 15 is 0 Å². The summed E-state index contributed by atoms with van der Waals surface area (Å²) in [5.74, 6) is 1.71. The molecule has 2 aromatic rings. The summed E-state index contributed by atoms with van der Waals surface area (Å²) in [6.07, 6.45) is 0. The van der Waals surface area contributed by atoms with Gasteiger partial charge in [0.1, 0.15) is 5.75 Å². The monoisotopic (exact) mass is 445 g/mol. The number of methoxy groups -OCH3 is 1. The Hall–Kier alpha value is -1.28. The highest BCUT2D eigenvalue weighted by atomic mass is 127. The van der Waals surface area contributed by atoms with Gasteiger partial charge >= 0.3 is 0 Å². The minimum atomic E-state index is 0. The van der Waals surface area contributed by atoms with Crippen LogP contribution in [0.4, 0.5) is 0 Å². The SMILES string of the molecule is CN=C(NCc1ccc(C)c(OC)c1)NCc1sccc1C.I. The Bertz CT molecular complexity index is 655. The number of thiophene rings is 1. The number of guanidine groups is 1. The molecule has 0 radical (unpaired) electrons. The summed E-state index contributed by atoms with van der Waals surface area (Å²) in [4.78, 5) is 5.59. The molecular formula is C17H24IN3OS. The molecule has 0 spiro atoms. The maximum Gasteiger partial charge on any atom is 0.191 e. The van der Waals surface area contributed by atoms with Crippen LogP contribution in [0.25, 0.3) is 0 Å². The van der Waals surface area contributed by atoms with E-state index in [-0.39, 0.29) is 24.0 Å². The van der Waals surface area contributed by atoms with Crippen molar-refractivity contribution in [2.75, 3.05) is 14.2 Å². The molecule has 0 aliphatic carbocycles. The standard InChI is InChI=1S/C17H23N3OS.HI/c1-12-5-6-14(9-15(12)21-4)10-19-17(18-3)20-11-16-13(2)7-8-22-16;/h5-9H,10-11H2,1-4H3,(H2,18,19,20);1H. The first-order valence-electron chi connectivity index (χ1n) is 7.25. The zero-order chi connectivity index (χ0) is 15.9. The molecule has 2 N–H and O–H groups in total. The number of ether oxygens (including phenoxy) is 1. The summed E-state index contributed by atoms with van der Waals surface area (Å²) < 4.78 is 5.36. The predicted molar refractivity (Wildman–Crippen MR) is 109 cm³/mol. The van der Waals surface area contributed by atoms with Crippen molar-refractivity contribution in [1.82, 2.24) is 10.6 Å². The minimum absolute atomic E-state index is 0. The molecule has 2 rings (SSSR count). The van der Waals surface area contributed by atoms with Gasteiger partial charge < -0.3 is 15.4 Å². The van der Waals surface area contributed by atoms with E-state index in [0.29, 0.717) is 6.54 Å². The first-order valence-corrected chi connectivity index (χ1v) is 8.13. The molecule has 0 fully saturated rings. The van der Waals surface area contributed by atoms with Gasteiger partial charge in [0, 0.05) is 18.5 Å². The van der Waals surface area contributed by atoms with E-state index in [2.05, 4.69) is 52.2 Å². The first-order chi connectivity index (χ1) is 10.6. The summed E-state index contributed by atoms with van der Waals surface area (Å²) in [5.41, 5.74) is 3.62. The van der Waals surface area contributed by atoms with Gasteiger partial charge in [-0.3, -0.25) is 4.99 Å². The van der Waals surface area contributed by atoms with E-state index in [1.165, 1.54) is 10.4 Å². The van der Waals surface area contributed by atoms with Gasteiger partial charge in [-0.15, -0.1) is 35.3 Å². The van der Waals surface area contributed by atoms with Crippen LogP contribution in [0.3, 0.4) is 0 Å². The molecule has 1 aromatic heterocycles. The Balaban J connectivity index is 0.00000264. The van der Waals surface area contributed by atoms with Gasteiger partial charge in [-0.05, 0) is 48.1 Å². The quantitative estimate of drug-likeness (QED) is 0.418. The number of aliphatic imine (C=N–C) groups is 1. The number of hydrogen-bond acceptors (Lipinski definition) is 3. The van der Waals surface area contributed by atoms with Crippen LogP contribution in [0.5, 0.6) is 5.75 Å². The second-order valence-corrected chi connectivity index (χ2v) is 6.11. The molecule has 1 heterocycles. The van der Waals surface area contributed by atoms with E-state index in [4.69, 9.17) is 4.74 Å². The molecule has 1 aromatic carbocycles. The van der Waals surface area contributed by atoms with Crippen molar-refractivity contribution in [1.29, 1.82) is 0 Å². The smallest absolute Gasteiger partial charge is 0.191 e. The lowest BCUT2D eigenvalue weighted by molar-refractivity contribution is 0.411. The van der Waals surface area contributed by atoms with Crippen molar-refractivity contribution in [3.63, 3.8) is 0 Å². The minimum Gasteiger partial charge on any atom is -0.496 e. The van der Waals surface area contributed by atoms with Gasteiger partial charge in [0.2, 0.25) is 0 Å². The molecule has 0 unspecified atom stereocenters. The Morgan fingerprint density at radius 2 is 1.87 bits per heavy atom. The average molecular weight is 445 g/mol. The molecule has 4 nitrogen and oxygen atoms in total. The number of hydrogen-bond donors (Lipinski definition) is 2. The average Bonchev–Trinajstić information content (AvgIpc) is 2.94. The van der Waals surface area contributed by atoms with Crippen molar-refractivity contribution in [2.45, 2.75) is 26.9 Å². The molecule has 23 heavy (non-hydrogen) atoms. The molecule has 126 valence electrons. The van der Waals surface area contributed by atoms with Crippen LogP contribution in [-0.2, 0) is 13.1 Å². The van der Waals surface area contributed by atoms with E-state index < -0.39 is 0 Å². The largest absolute Gasteiger partial charge is 0.496 e. The fourth-order valence-corrected chi connectivity index (χ4v) is 2.98. The molecule has 0 aliphatic rings. The first kappa shape index (κ1) is 19.8. The van der Waals surface area contributed by atoms with Crippen LogP contribution >= 0.6 is 35.3 Å². The van der Waals surface area contributed by atoms with Gasteiger partial charge in [-0.2, -0.15) is 0 Å². The third-order valence-corrected chi connectivity index (χ3v) is 4.56. The fraction of sp³-hybridized carbons (Fsp3) is 0.353. The lowest BCUT2D eigenvalue weighted by Gasteiger charge is -2.13. The maximum atomic E-state index is 5.36. The second-order valence-electron chi connectivity index (χ2n) is 5.11. The van der Waals surface area contributed by atoms with Crippen molar-refractivity contribution >= 4 is 41.3 Å². The third kappa shape index (κ3) is 5.69. The molecule has 0 bridgehead atoms. The topological polar surface area (TPSA) is 45.7 Å². The molecular weight excluding hydrogens is 421 g/mol. The Morgan fingerprint density at radius 1 is 1.13 bits per heavy atom. The van der Waals surface area contributed by atoms with E-state index in [1.807, 2.05) is 6.92 Å². The van der Waals surface area contributed by atoms with E-state index in [0.717, 1.165) is 29.4 Å². The van der Waals surface area contributed by atoms with Crippen LogP contribution in [-0.4, -0.2) is 20.1 Å². The summed E-state index contributed by atoms with van der Waals surface area (Å²) in [6.45, 7) is 5.67. The molecule has 6 heteroatoms. The van der Waals surface area contributed by atoms with Gasteiger partial charge in [0.05, 0.1) is 13.7 Å². The van der Waals surface area contributed by atoms with Crippen molar-refractivity contribution < 1.29 is 4.74 Å². The third-order valence-electron chi connectivity index (χ3n) is 3.54. The fourth-order valence-electron chi connectivity index (χ4n) is 2.13. The molecule has 0 saturated carbocycles. The lowest BCUT2D eigenvalue weighted by Crippen LogP contribution is -2.36. The molecule has 0 amide bonds. The number of rotatable bonds is 5. The van der Waals surface area contributed by atoms with Gasteiger partial charge in [-0.25, -0.2) is 0 Å². The normalized spacial score (nSPS) is 10.9. The molecule has 0 saturated heterocycles. The zero-order valence-electron chi connectivity index (χ0n) is 14.0. The highest BCUT2D eigenvalue weighted by Gasteiger charge is 2.04. The zero-order valence-corrected chi connectivity index (χ0v) is 17.1. The number of aryl methyl sites for hydroxylation is 2. The number of halogens is 1. The Labute approximate surface area is 159 Å². The van der Waals surface area contributed by atoms with Gasteiger partial charge in [0.15, 0.2) is 5.96 Å². The van der Waals surface area contributed by atoms with Crippen molar-refractivity contribution in [3.05, 3.63) is 51.2 Å². The van der Waals surface area contributed by atoms with Crippen LogP contribution in [0.15, 0.2) is 34.6 Å². The maximum absolute atomic E-state index is 5.36. The summed E-state index contributed by atoms with van der Waals surface area (Å²) >= 11 is 1.76. The Kier molecular flexibility index (Phi) is 8.40. The van der Waals surface area contributed by atoms with Crippen molar-refractivity contribution in [3.8, 4) is 5.75 Å². The lowest BCUT2D eigenvalue weighted by atomic mass is 10.1. The van der Waals surface area contributed by atoms with Crippen molar-refractivity contribution in [2.24, 2.45) is 4.99 Å². The molecule has 0 atom stereocenters. The van der Waals surface area contributed by atoms with Gasteiger partial charge in [0.25, 0.3) is 0 Å². The van der Waals surface area contributed by atoms with Crippen LogP contribution < -0.4 is 15.4 Å². The van der Waals surface area contributed by atoms with E-state index in [9.17, 15) is 0 Å². The number of nitrogens with zero attached hydrogens (tertiary/aromatic N) is 1.